The lowest BCUT2D eigenvalue weighted by Gasteiger charge is -2.11. The summed E-state index contributed by atoms with van der Waals surface area (Å²) in [6.45, 7) is 2.04. The number of rotatable bonds is 5. The molecule has 0 aromatic heterocycles. The van der Waals surface area contributed by atoms with E-state index in [0.717, 1.165) is 19.3 Å². The number of carbonyl (C=O) groups is 2. The van der Waals surface area contributed by atoms with Crippen molar-refractivity contribution in [1.29, 1.82) is 0 Å². The van der Waals surface area contributed by atoms with Crippen molar-refractivity contribution in [2.24, 2.45) is 5.92 Å². The van der Waals surface area contributed by atoms with Crippen LogP contribution in [0.3, 0.4) is 0 Å². The van der Waals surface area contributed by atoms with Crippen LogP contribution in [0.4, 0.5) is 0 Å². The van der Waals surface area contributed by atoms with Crippen molar-refractivity contribution in [2.75, 3.05) is 0 Å². The van der Waals surface area contributed by atoms with Gasteiger partial charge >= 0.3 is 5.97 Å². The molecule has 15 heavy (non-hydrogen) atoms. The topological polar surface area (TPSA) is 66.4 Å². The van der Waals surface area contributed by atoms with E-state index in [1.807, 2.05) is 6.92 Å². The molecule has 0 saturated heterocycles. The van der Waals surface area contributed by atoms with Crippen molar-refractivity contribution in [3.63, 3.8) is 0 Å². The molecule has 1 rings (SSSR count). The zero-order valence-corrected chi connectivity index (χ0v) is 9.16. The minimum absolute atomic E-state index is 0.0629. The van der Waals surface area contributed by atoms with E-state index >= 15 is 0 Å². The number of hydrogen-bond donors (Lipinski definition) is 2. The molecule has 0 heterocycles. The van der Waals surface area contributed by atoms with Crippen molar-refractivity contribution in [1.82, 2.24) is 5.32 Å². The van der Waals surface area contributed by atoms with Gasteiger partial charge in [-0.05, 0) is 25.7 Å². The Kier molecular flexibility index (Phi) is 4.59. The van der Waals surface area contributed by atoms with E-state index in [1.165, 1.54) is 0 Å². The highest BCUT2D eigenvalue weighted by atomic mass is 16.4. The summed E-state index contributed by atoms with van der Waals surface area (Å²) in [7, 11) is 0. The second-order valence-corrected chi connectivity index (χ2v) is 4.22. The zero-order chi connectivity index (χ0) is 11.3. The fourth-order valence-electron chi connectivity index (χ4n) is 1.97. The third-order valence-electron chi connectivity index (χ3n) is 2.90. The van der Waals surface area contributed by atoms with Gasteiger partial charge in [-0.15, -0.1) is 0 Å². The summed E-state index contributed by atoms with van der Waals surface area (Å²) in [5.74, 6) is -0.935. The van der Waals surface area contributed by atoms with Crippen LogP contribution >= 0.6 is 0 Å². The molecule has 0 aromatic rings. The first-order valence-corrected chi connectivity index (χ1v) is 5.65. The highest BCUT2D eigenvalue weighted by Gasteiger charge is 2.30. The first kappa shape index (κ1) is 12.0. The summed E-state index contributed by atoms with van der Waals surface area (Å²) in [4.78, 5) is 22.1. The number of carboxylic acids is 1. The number of amides is 1. The minimum Gasteiger partial charge on any atom is -0.481 e. The molecule has 1 aliphatic rings. The van der Waals surface area contributed by atoms with Gasteiger partial charge in [-0.1, -0.05) is 13.3 Å². The standard InChI is InChI=1S/C11H19NO3/c1-2-3-4-10(13)12-9-6-5-8(7-9)11(14)15/h8-9H,2-7H2,1H3,(H,12,13)(H,14,15)/t8-,9+/m1/s1. The van der Waals surface area contributed by atoms with Crippen LogP contribution in [-0.2, 0) is 9.59 Å². The Balaban J connectivity index is 2.23. The Labute approximate surface area is 90.0 Å². The fourth-order valence-corrected chi connectivity index (χ4v) is 1.97. The fraction of sp³-hybridized carbons (Fsp3) is 0.818. The van der Waals surface area contributed by atoms with E-state index in [4.69, 9.17) is 5.11 Å². The van der Waals surface area contributed by atoms with Crippen molar-refractivity contribution in [3.8, 4) is 0 Å². The number of carboxylic acid groups (broad SMARTS) is 1. The number of unbranched alkanes of at least 4 members (excludes halogenated alkanes) is 1. The van der Waals surface area contributed by atoms with Gasteiger partial charge in [-0.3, -0.25) is 9.59 Å². The molecule has 4 heteroatoms. The normalized spacial score (nSPS) is 25.1. The second kappa shape index (κ2) is 5.73. The zero-order valence-electron chi connectivity index (χ0n) is 9.16. The molecule has 1 saturated carbocycles. The van der Waals surface area contributed by atoms with Crippen LogP contribution in [0.25, 0.3) is 0 Å². The van der Waals surface area contributed by atoms with Crippen LogP contribution in [0, 0.1) is 5.92 Å². The van der Waals surface area contributed by atoms with Gasteiger partial charge in [0.2, 0.25) is 5.91 Å². The third kappa shape index (κ3) is 3.90. The van der Waals surface area contributed by atoms with Crippen molar-refractivity contribution in [2.45, 2.75) is 51.5 Å². The summed E-state index contributed by atoms with van der Waals surface area (Å²) in [5.41, 5.74) is 0. The van der Waals surface area contributed by atoms with E-state index < -0.39 is 5.97 Å². The largest absolute Gasteiger partial charge is 0.481 e. The van der Waals surface area contributed by atoms with Gasteiger partial charge in [0.25, 0.3) is 0 Å². The first-order chi connectivity index (χ1) is 7.13. The molecule has 0 unspecified atom stereocenters. The first-order valence-electron chi connectivity index (χ1n) is 5.65. The molecule has 1 aliphatic carbocycles. The Morgan fingerprint density at radius 3 is 2.67 bits per heavy atom. The molecule has 1 fully saturated rings. The Morgan fingerprint density at radius 1 is 1.40 bits per heavy atom. The maximum Gasteiger partial charge on any atom is 0.306 e. The van der Waals surface area contributed by atoms with Crippen molar-refractivity contribution < 1.29 is 14.7 Å². The number of carbonyl (C=O) groups excluding carboxylic acids is 1. The van der Waals surface area contributed by atoms with E-state index in [-0.39, 0.29) is 17.9 Å². The number of hydrogen-bond acceptors (Lipinski definition) is 2. The molecule has 86 valence electrons. The smallest absolute Gasteiger partial charge is 0.306 e. The van der Waals surface area contributed by atoms with Crippen LogP contribution in [0.1, 0.15) is 45.4 Å². The molecule has 0 spiro atoms. The van der Waals surface area contributed by atoms with Crippen molar-refractivity contribution in [3.05, 3.63) is 0 Å². The number of nitrogens with one attached hydrogen (secondary N) is 1. The van der Waals surface area contributed by atoms with E-state index in [0.29, 0.717) is 19.3 Å². The Morgan fingerprint density at radius 2 is 2.13 bits per heavy atom. The summed E-state index contributed by atoms with van der Waals surface area (Å²) in [6.07, 6.45) is 4.55. The van der Waals surface area contributed by atoms with Crippen LogP contribution in [-0.4, -0.2) is 23.0 Å². The third-order valence-corrected chi connectivity index (χ3v) is 2.90. The second-order valence-electron chi connectivity index (χ2n) is 4.22. The summed E-state index contributed by atoms with van der Waals surface area (Å²) < 4.78 is 0. The minimum atomic E-state index is -0.736. The van der Waals surface area contributed by atoms with Crippen LogP contribution in [0.5, 0.6) is 0 Å². The van der Waals surface area contributed by atoms with Gasteiger partial charge < -0.3 is 10.4 Å². The molecule has 0 radical (unpaired) electrons. The van der Waals surface area contributed by atoms with E-state index in [2.05, 4.69) is 5.32 Å². The number of aliphatic carboxylic acids is 1. The van der Waals surface area contributed by atoms with Gasteiger partial charge in [-0.25, -0.2) is 0 Å². The summed E-state index contributed by atoms with van der Waals surface area (Å²) in [6, 6.07) is 0.0791. The predicted molar refractivity (Wildman–Crippen MR) is 56.4 cm³/mol. The molecule has 4 nitrogen and oxygen atoms in total. The molecule has 1 amide bonds. The van der Waals surface area contributed by atoms with Gasteiger partial charge in [0.05, 0.1) is 5.92 Å². The van der Waals surface area contributed by atoms with Gasteiger partial charge in [-0.2, -0.15) is 0 Å². The maximum atomic E-state index is 11.4. The monoisotopic (exact) mass is 213 g/mol. The molecular weight excluding hydrogens is 194 g/mol. The van der Waals surface area contributed by atoms with Gasteiger partial charge in [0.15, 0.2) is 0 Å². The van der Waals surface area contributed by atoms with E-state index in [9.17, 15) is 9.59 Å². The molecule has 2 N–H and O–H groups in total. The highest BCUT2D eigenvalue weighted by molar-refractivity contribution is 5.76. The Hall–Kier alpha value is -1.06. The van der Waals surface area contributed by atoms with Crippen LogP contribution in [0.15, 0.2) is 0 Å². The van der Waals surface area contributed by atoms with Crippen molar-refractivity contribution >= 4 is 11.9 Å². The molecular formula is C11H19NO3. The summed E-state index contributed by atoms with van der Waals surface area (Å²) in [5, 5.41) is 11.7. The quantitative estimate of drug-likeness (QED) is 0.728. The molecule has 0 bridgehead atoms. The predicted octanol–water partition coefficient (Wildman–Crippen LogP) is 1.55. The SMILES string of the molecule is CCCCC(=O)N[C@H]1CC[C@@H](C(=O)O)C1. The van der Waals surface area contributed by atoms with Gasteiger partial charge in [0.1, 0.15) is 0 Å². The lowest BCUT2D eigenvalue weighted by molar-refractivity contribution is -0.141. The highest BCUT2D eigenvalue weighted by Crippen LogP contribution is 2.25. The average molecular weight is 213 g/mol. The molecule has 2 atom stereocenters. The average Bonchev–Trinajstić information content (AvgIpc) is 2.63. The maximum absolute atomic E-state index is 11.4. The summed E-state index contributed by atoms with van der Waals surface area (Å²) >= 11 is 0. The lowest BCUT2D eigenvalue weighted by atomic mass is 10.1. The van der Waals surface area contributed by atoms with Crippen LogP contribution < -0.4 is 5.32 Å². The van der Waals surface area contributed by atoms with Gasteiger partial charge in [0, 0.05) is 12.5 Å². The molecule has 0 aliphatic heterocycles. The molecule has 0 aromatic carbocycles. The van der Waals surface area contributed by atoms with Crippen LogP contribution in [0.2, 0.25) is 0 Å². The Bertz CT molecular complexity index is 240. The lowest BCUT2D eigenvalue weighted by Crippen LogP contribution is -2.33. The van der Waals surface area contributed by atoms with E-state index in [1.54, 1.807) is 0 Å².